The summed E-state index contributed by atoms with van der Waals surface area (Å²) in [4.78, 5) is 9.42. The normalized spacial score (nSPS) is 26.0. The first-order valence-corrected chi connectivity index (χ1v) is 5.10. The Morgan fingerprint density at radius 1 is 1.67 bits per heavy atom. The van der Waals surface area contributed by atoms with Crippen LogP contribution in [0.25, 0.3) is 0 Å². The number of nitrogens with zero attached hydrogens (tertiary/aromatic N) is 1. The van der Waals surface area contributed by atoms with Crippen molar-refractivity contribution >= 4 is 11.9 Å². The molecule has 1 aliphatic heterocycles. The maximum absolute atomic E-state index is 5.32. The standard InChI is InChI=1S/C7H15NO3S/c1-9-11-6-7-5-10-4-3-8(7)12-2/h7H,3-6H2,1-2H3. The van der Waals surface area contributed by atoms with Crippen molar-refractivity contribution in [3.05, 3.63) is 0 Å². The van der Waals surface area contributed by atoms with Crippen LogP contribution in [0, 0.1) is 0 Å². The fraction of sp³-hybridized carbons (Fsp3) is 1.00. The number of hydrogen-bond acceptors (Lipinski definition) is 5. The van der Waals surface area contributed by atoms with Crippen molar-refractivity contribution in [2.24, 2.45) is 0 Å². The van der Waals surface area contributed by atoms with Crippen LogP contribution in [0.1, 0.15) is 0 Å². The molecular formula is C7H15NO3S. The molecule has 1 unspecified atom stereocenters. The second-order valence-electron chi connectivity index (χ2n) is 2.50. The summed E-state index contributed by atoms with van der Waals surface area (Å²) in [6.07, 6.45) is 2.06. The van der Waals surface area contributed by atoms with E-state index in [1.807, 2.05) is 0 Å². The molecule has 0 spiro atoms. The van der Waals surface area contributed by atoms with Crippen LogP contribution in [0.5, 0.6) is 0 Å². The summed E-state index contributed by atoms with van der Waals surface area (Å²) in [6.45, 7) is 3.06. The van der Waals surface area contributed by atoms with Gasteiger partial charge < -0.3 is 4.74 Å². The molecule has 0 radical (unpaired) electrons. The third-order valence-corrected chi connectivity index (χ3v) is 2.74. The minimum Gasteiger partial charge on any atom is -0.378 e. The predicted octanol–water partition coefficient (Wildman–Crippen LogP) is 0.543. The third-order valence-electron chi connectivity index (χ3n) is 1.79. The lowest BCUT2D eigenvalue weighted by Crippen LogP contribution is -2.43. The highest BCUT2D eigenvalue weighted by Gasteiger charge is 2.22. The van der Waals surface area contributed by atoms with Crippen LogP contribution in [0.3, 0.4) is 0 Å². The maximum atomic E-state index is 5.32. The van der Waals surface area contributed by atoms with E-state index in [-0.39, 0.29) is 0 Å². The Balaban J connectivity index is 2.26. The van der Waals surface area contributed by atoms with Crippen LogP contribution in [-0.2, 0) is 14.5 Å². The van der Waals surface area contributed by atoms with Crippen LogP contribution in [0.4, 0.5) is 0 Å². The van der Waals surface area contributed by atoms with Crippen LogP contribution in [-0.4, -0.2) is 50.1 Å². The van der Waals surface area contributed by atoms with Gasteiger partial charge in [0.2, 0.25) is 0 Å². The lowest BCUT2D eigenvalue weighted by atomic mass is 10.3. The third kappa shape index (κ3) is 2.91. The quantitative estimate of drug-likeness (QED) is 0.369. The molecule has 0 amide bonds. The molecule has 0 saturated carbocycles. The largest absolute Gasteiger partial charge is 0.378 e. The van der Waals surface area contributed by atoms with Gasteiger partial charge in [0.25, 0.3) is 0 Å². The predicted molar refractivity (Wildman–Crippen MR) is 47.8 cm³/mol. The summed E-state index contributed by atoms with van der Waals surface area (Å²) in [5.74, 6) is 0. The van der Waals surface area contributed by atoms with Gasteiger partial charge in [-0.25, -0.2) is 14.1 Å². The van der Waals surface area contributed by atoms with Crippen molar-refractivity contribution in [1.82, 2.24) is 4.31 Å². The molecule has 5 heteroatoms. The summed E-state index contributed by atoms with van der Waals surface area (Å²) in [7, 11) is 1.52. The smallest absolute Gasteiger partial charge is 0.101 e. The average molecular weight is 193 g/mol. The van der Waals surface area contributed by atoms with Crippen LogP contribution >= 0.6 is 11.9 Å². The second-order valence-corrected chi connectivity index (χ2v) is 3.34. The zero-order valence-electron chi connectivity index (χ0n) is 7.49. The van der Waals surface area contributed by atoms with Gasteiger partial charge in [0, 0.05) is 6.54 Å². The lowest BCUT2D eigenvalue weighted by molar-refractivity contribution is -0.281. The van der Waals surface area contributed by atoms with Crippen molar-refractivity contribution < 1.29 is 14.5 Å². The first-order chi connectivity index (χ1) is 5.88. The maximum Gasteiger partial charge on any atom is 0.101 e. The molecule has 72 valence electrons. The summed E-state index contributed by atoms with van der Waals surface area (Å²) >= 11 is 1.72. The fourth-order valence-corrected chi connectivity index (χ4v) is 1.83. The SMILES string of the molecule is COOCC1COCCN1SC. The van der Waals surface area contributed by atoms with Crippen LogP contribution in [0.2, 0.25) is 0 Å². The van der Waals surface area contributed by atoms with Gasteiger partial charge in [-0.05, 0) is 6.26 Å². The van der Waals surface area contributed by atoms with E-state index in [9.17, 15) is 0 Å². The zero-order chi connectivity index (χ0) is 8.81. The number of ether oxygens (including phenoxy) is 1. The van der Waals surface area contributed by atoms with Gasteiger partial charge in [0.15, 0.2) is 0 Å². The Bertz CT molecular complexity index is 125. The Kier molecular flexibility index (Phi) is 4.94. The van der Waals surface area contributed by atoms with Crippen LogP contribution < -0.4 is 0 Å². The lowest BCUT2D eigenvalue weighted by Gasteiger charge is -2.32. The van der Waals surface area contributed by atoms with E-state index in [1.165, 1.54) is 7.11 Å². The van der Waals surface area contributed by atoms with E-state index < -0.39 is 0 Å². The van der Waals surface area contributed by atoms with Crippen LogP contribution in [0.15, 0.2) is 0 Å². The summed E-state index contributed by atoms with van der Waals surface area (Å²) in [5, 5.41) is 0. The monoisotopic (exact) mass is 193 g/mol. The minimum atomic E-state index is 0.314. The van der Waals surface area contributed by atoms with E-state index >= 15 is 0 Å². The molecule has 0 aromatic rings. The molecule has 1 saturated heterocycles. The van der Waals surface area contributed by atoms with E-state index in [1.54, 1.807) is 11.9 Å². The van der Waals surface area contributed by atoms with Gasteiger partial charge in [0.1, 0.15) is 6.61 Å². The summed E-state index contributed by atoms with van der Waals surface area (Å²) < 4.78 is 7.57. The number of rotatable bonds is 4. The Hall–Kier alpha value is 0.190. The molecule has 1 rings (SSSR count). The van der Waals surface area contributed by atoms with Crippen molar-refractivity contribution in [3.8, 4) is 0 Å². The summed E-state index contributed by atoms with van der Waals surface area (Å²) in [6, 6.07) is 0.314. The molecule has 0 aliphatic carbocycles. The Labute approximate surface area is 77.2 Å². The molecule has 0 aromatic heterocycles. The van der Waals surface area contributed by atoms with Gasteiger partial charge in [-0.2, -0.15) is 0 Å². The Morgan fingerprint density at radius 2 is 2.50 bits per heavy atom. The molecule has 0 bridgehead atoms. The molecule has 1 atom stereocenters. The highest BCUT2D eigenvalue weighted by Crippen LogP contribution is 2.15. The fourth-order valence-electron chi connectivity index (χ4n) is 1.16. The second kappa shape index (κ2) is 5.77. The topological polar surface area (TPSA) is 30.9 Å². The molecule has 4 nitrogen and oxygen atoms in total. The molecule has 0 N–H and O–H groups in total. The first-order valence-electron chi connectivity index (χ1n) is 3.92. The average Bonchev–Trinajstić information content (AvgIpc) is 2.15. The van der Waals surface area contributed by atoms with Crippen molar-refractivity contribution in [2.75, 3.05) is 39.7 Å². The molecule has 0 aromatic carbocycles. The molecule has 1 heterocycles. The van der Waals surface area contributed by atoms with Gasteiger partial charge in [-0.15, -0.1) is 0 Å². The zero-order valence-corrected chi connectivity index (χ0v) is 8.30. The van der Waals surface area contributed by atoms with Gasteiger partial charge >= 0.3 is 0 Å². The highest BCUT2D eigenvalue weighted by atomic mass is 32.2. The first kappa shape index (κ1) is 10.3. The van der Waals surface area contributed by atoms with E-state index in [0.717, 1.165) is 19.8 Å². The van der Waals surface area contributed by atoms with Crippen molar-refractivity contribution in [2.45, 2.75) is 6.04 Å². The molecule has 1 aliphatic rings. The highest BCUT2D eigenvalue weighted by molar-refractivity contribution is 7.96. The van der Waals surface area contributed by atoms with E-state index in [0.29, 0.717) is 12.6 Å². The molecule has 12 heavy (non-hydrogen) atoms. The minimum absolute atomic E-state index is 0.314. The van der Waals surface area contributed by atoms with Crippen molar-refractivity contribution in [3.63, 3.8) is 0 Å². The number of hydrogen-bond donors (Lipinski definition) is 0. The van der Waals surface area contributed by atoms with E-state index in [4.69, 9.17) is 9.62 Å². The molecule has 1 fully saturated rings. The van der Waals surface area contributed by atoms with E-state index in [2.05, 4.69) is 15.4 Å². The van der Waals surface area contributed by atoms with Gasteiger partial charge in [-0.1, -0.05) is 11.9 Å². The number of morpholine rings is 1. The van der Waals surface area contributed by atoms with Gasteiger partial charge in [0.05, 0.1) is 26.4 Å². The van der Waals surface area contributed by atoms with Crippen molar-refractivity contribution in [1.29, 1.82) is 0 Å². The molecular weight excluding hydrogens is 178 g/mol. The van der Waals surface area contributed by atoms with Gasteiger partial charge in [-0.3, -0.25) is 0 Å². The Morgan fingerprint density at radius 3 is 3.17 bits per heavy atom. The summed E-state index contributed by atoms with van der Waals surface area (Å²) in [5.41, 5.74) is 0.